The van der Waals surface area contributed by atoms with Gasteiger partial charge in [-0.25, -0.2) is 4.79 Å². The summed E-state index contributed by atoms with van der Waals surface area (Å²) >= 11 is 0. The van der Waals surface area contributed by atoms with E-state index in [1.807, 2.05) is 6.92 Å². The molecule has 0 radical (unpaired) electrons. The number of carbonyl (C=O) groups excluding carboxylic acids is 2. The number of carbonyl (C=O) groups is 2. The van der Waals surface area contributed by atoms with E-state index in [0.717, 1.165) is 12.8 Å². The summed E-state index contributed by atoms with van der Waals surface area (Å²) in [5, 5.41) is 2.66. The van der Waals surface area contributed by atoms with Crippen molar-refractivity contribution in [2.45, 2.75) is 19.8 Å². The van der Waals surface area contributed by atoms with Crippen LogP contribution in [0, 0.1) is 0 Å². The molecule has 0 aliphatic rings. The van der Waals surface area contributed by atoms with Crippen molar-refractivity contribution in [3.63, 3.8) is 0 Å². The lowest BCUT2D eigenvalue weighted by Crippen LogP contribution is -2.29. The van der Waals surface area contributed by atoms with Gasteiger partial charge in [-0.05, 0) is 18.6 Å². The van der Waals surface area contributed by atoms with Crippen LogP contribution in [0.2, 0.25) is 0 Å². The third-order valence-electron chi connectivity index (χ3n) is 2.37. The molecule has 0 spiro atoms. The summed E-state index contributed by atoms with van der Waals surface area (Å²) < 4.78 is 4.87. The minimum absolute atomic E-state index is 0.277. The van der Waals surface area contributed by atoms with Gasteiger partial charge in [-0.15, -0.1) is 0 Å². The molecule has 0 bridgehead atoms. The van der Waals surface area contributed by atoms with Crippen molar-refractivity contribution in [3.05, 3.63) is 29.8 Å². The maximum atomic E-state index is 11.6. The number of benzene rings is 1. The fraction of sp³-hybridized carbons (Fsp3) is 0.385. The van der Waals surface area contributed by atoms with Crippen molar-refractivity contribution in [1.29, 1.82) is 0 Å². The van der Waals surface area contributed by atoms with Gasteiger partial charge in [-0.2, -0.15) is 0 Å². The number of hydrogen-bond donors (Lipinski definition) is 2. The minimum Gasteiger partial charge on any atom is -0.452 e. The van der Waals surface area contributed by atoms with E-state index in [4.69, 9.17) is 10.5 Å². The summed E-state index contributed by atoms with van der Waals surface area (Å²) in [6.07, 6.45) is 1.91. The summed E-state index contributed by atoms with van der Waals surface area (Å²) in [7, 11) is 0. The average molecular weight is 250 g/mol. The molecule has 0 atom stereocenters. The Labute approximate surface area is 106 Å². The van der Waals surface area contributed by atoms with Gasteiger partial charge in [-0.3, -0.25) is 4.79 Å². The van der Waals surface area contributed by atoms with Gasteiger partial charge < -0.3 is 15.8 Å². The third-order valence-corrected chi connectivity index (χ3v) is 2.37. The van der Waals surface area contributed by atoms with E-state index in [-0.39, 0.29) is 18.1 Å². The Kier molecular flexibility index (Phi) is 5.70. The first-order valence-corrected chi connectivity index (χ1v) is 5.93. The highest BCUT2D eigenvalue weighted by Crippen LogP contribution is 2.11. The number of para-hydroxylation sites is 1. The molecule has 0 aromatic heterocycles. The second-order valence-corrected chi connectivity index (χ2v) is 3.87. The highest BCUT2D eigenvalue weighted by Gasteiger charge is 2.12. The number of hydrogen-bond acceptors (Lipinski definition) is 4. The number of nitrogens with two attached hydrogens (primary N) is 1. The van der Waals surface area contributed by atoms with Crippen LogP contribution < -0.4 is 11.1 Å². The molecule has 0 saturated heterocycles. The van der Waals surface area contributed by atoms with Crippen LogP contribution in [0.5, 0.6) is 0 Å². The monoisotopic (exact) mass is 250 g/mol. The Morgan fingerprint density at radius 1 is 1.33 bits per heavy atom. The number of nitrogen functional groups attached to an aromatic ring is 1. The molecule has 1 aromatic carbocycles. The van der Waals surface area contributed by atoms with Gasteiger partial charge in [-0.1, -0.05) is 25.5 Å². The predicted octanol–water partition coefficient (Wildman–Crippen LogP) is 1.34. The van der Waals surface area contributed by atoms with Crippen LogP contribution in [-0.2, 0) is 9.53 Å². The van der Waals surface area contributed by atoms with Crippen LogP contribution in [0.4, 0.5) is 5.69 Å². The van der Waals surface area contributed by atoms with Crippen LogP contribution in [0.1, 0.15) is 30.1 Å². The molecule has 3 N–H and O–H groups in total. The maximum absolute atomic E-state index is 11.6. The van der Waals surface area contributed by atoms with Gasteiger partial charge in [0.15, 0.2) is 6.61 Å². The highest BCUT2D eigenvalue weighted by atomic mass is 16.5. The lowest BCUT2D eigenvalue weighted by Gasteiger charge is -2.07. The Hall–Kier alpha value is -2.04. The standard InChI is InChI=1S/C13H18N2O3/c1-2-3-8-15-12(16)9-18-13(17)10-6-4-5-7-11(10)14/h4-7H,2-3,8-9,14H2,1H3,(H,15,16). The van der Waals surface area contributed by atoms with E-state index in [1.165, 1.54) is 0 Å². The molecule has 0 aliphatic heterocycles. The predicted molar refractivity (Wildman–Crippen MR) is 69.1 cm³/mol. The van der Waals surface area contributed by atoms with Gasteiger partial charge >= 0.3 is 5.97 Å². The second-order valence-electron chi connectivity index (χ2n) is 3.87. The summed E-state index contributed by atoms with van der Waals surface area (Å²) in [6.45, 7) is 2.35. The van der Waals surface area contributed by atoms with E-state index in [1.54, 1.807) is 24.3 Å². The van der Waals surface area contributed by atoms with Crippen molar-refractivity contribution in [2.75, 3.05) is 18.9 Å². The topological polar surface area (TPSA) is 81.4 Å². The Balaban J connectivity index is 2.38. The molecular weight excluding hydrogens is 232 g/mol. The second kappa shape index (κ2) is 7.32. The van der Waals surface area contributed by atoms with Crippen LogP contribution in [0.15, 0.2) is 24.3 Å². The van der Waals surface area contributed by atoms with Crippen molar-refractivity contribution in [3.8, 4) is 0 Å². The first kappa shape index (κ1) is 14.0. The van der Waals surface area contributed by atoms with Crippen molar-refractivity contribution < 1.29 is 14.3 Å². The Bertz CT molecular complexity index is 418. The van der Waals surface area contributed by atoms with Crippen molar-refractivity contribution in [1.82, 2.24) is 5.32 Å². The number of esters is 1. The molecular formula is C13H18N2O3. The maximum Gasteiger partial charge on any atom is 0.340 e. The summed E-state index contributed by atoms with van der Waals surface area (Å²) in [5.74, 6) is -0.884. The Morgan fingerprint density at radius 3 is 2.72 bits per heavy atom. The molecule has 5 nitrogen and oxygen atoms in total. The number of rotatable bonds is 6. The molecule has 98 valence electrons. The van der Waals surface area contributed by atoms with Gasteiger partial charge in [0.2, 0.25) is 0 Å². The molecule has 0 fully saturated rings. The van der Waals surface area contributed by atoms with E-state index in [0.29, 0.717) is 12.2 Å². The number of unbranched alkanes of at least 4 members (excludes halogenated alkanes) is 1. The quantitative estimate of drug-likeness (QED) is 0.453. The molecule has 0 aliphatic carbocycles. The first-order chi connectivity index (χ1) is 8.65. The zero-order chi connectivity index (χ0) is 13.4. The summed E-state index contributed by atoms with van der Waals surface area (Å²) in [5.41, 5.74) is 6.24. The Morgan fingerprint density at radius 2 is 2.06 bits per heavy atom. The number of nitrogens with one attached hydrogen (secondary N) is 1. The number of anilines is 1. The molecule has 0 heterocycles. The smallest absolute Gasteiger partial charge is 0.340 e. The molecule has 18 heavy (non-hydrogen) atoms. The van der Waals surface area contributed by atoms with Crippen molar-refractivity contribution >= 4 is 17.6 Å². The zero-order valence-corrected chi connectivity index (χ0v) is 10.4. The number of amides is 1. The molecule has 0 unspecified atom stereocenters. The molecule has 1 rings (SSSR count). The summed E-state index contributed by atoms with van der Waals surface area (Å²) in [4.78, 5) is 22.9. The minimum atomic E-state index is -0.584. The average Bonchev–Trinajstić information content (AvgIpc) is 2.37. The van der Waals surface area contributed by atoms with Crippen molar-refractivity contribution in [2.24, 2.45) is 0 Å². The highest BCUT2D eigenvalue weighted by molar-refractivity contribution is 5.96. The van der Waals surface area contributed by atoms with Gasteiger partial charge in [0.05, 0.1) is 5.56 Å². The van der Waals surface area contributed by atoms with Crippen LogP contribution in [0.25, 0.3) is 0 Å². The van der Waals surface area contributed by atoms with E-state index < -0.39 is 5.97 Å². The van der Waals surface area contributed by atoms with E-state index >= 15 is 0 Å². The molecule has 1 amide bonds. The normalized spacial score (nSPS) is 9.83. The first-order valence-electron chi connectivity index (χ1n) is 5.93. The van der Waals surface area contributed by atoms with E-state index in [2.05, 4.69) is 5.32 Å². The zero-order valence-electron chi connectivity index (χ0n) is 10.4. The number of ether oxygens (including phenoxy) is 1. The van der Waals surface area contributed by atoms with Gasteiger partial charge in [0.25, 0.3) is 5.91 Å². The lowest BCUT2D eigenvalue weighted by atomic mass is 10.2. The van der Waals surface area contributed by atoms with E-state index in [9.17, 15) is 9.59 Å². The SMILES string of the molecule is CCCCNC(=O)COC(=O)c1ccccc1N. The largest absolute Gasteiger partial charge is 0.452 e. The molecule has 0 saturated carbocycles. The van der Waals surface area contributed by atoms with Gasteiger partial charge in [0, 0.05) is 12.2 Å². The van der Waals surface area contributed by atoms with Crippen LogP contribution in [0.3, 0.4) is 0 Å². The van der Waals surface area contributed by atoms with Crippen LogP contribution in [-0.4, -0.2) is 25.0 Å². The fourth-order valence-corrected chi connectivity index (χ4v) is 1.35. The fourth-order valence-electron chi connectivity index (χ4n) is 1.35. The molecule has 1 aromatic rings. The summed E-state index contributed by atoms with van der Waals surface area (Å²) in [6, 6.07) is 6.59. The van der Waals surface area contributed by atoms with Crippen LogP contribution >= 0.6 is 0 Å². The molecule has 5 heteroatoms. The van der Waals surface area contributed by atoms with Gasteiger partial charge in [0.1, 0.15) is 0 Å². The lowest BCUT2D eigenvalue weighted by molar-refractivity contribution is -0.124. The third kappa shape index (κ3) is 4.45.